The number of carboxylic acids is 1. The third-order valence-electron chi connectivity index (χ3n) is 1.84. The van der Waals surface area contributed by atoms with Crippen LogP contribution in [-0.2, 0) is 10.3 Å². The van der Waals surface area contributed by atoms with Gasteiger partial charge in [-0.25, -0.2) is 9.78 Å². The maximum Gasteiger partial charge on any atom is 0.329 e. The van der Waals surface area contributed by atoms with E-state index < -0.39 is 11.5 Å². The zero-order valence-electron chi connectivity index (χ0n) is 7.56. The van der Waals surface area contributed by atoms with Crippen LogP contribution in [0.5, 0.6) is 0 Å². The minimum Gasteiger partial charge on any atom is -0.480 e. The molecule has 1 aromatic heterocycles. The summed E-state index contributed by atoms with van der Waals surface area (Å²) in [6.45, 7) is 1.33. The molecule has 72 valence electrons. The van der Waals surface area contributed by atoms with Gasteiger partial charge in [0, 0.05) is 0 Å². The van der Waals surface area contributed by atoms with E-state index in [1.807, 2.05) is 6.07 Å². The maximum absolute atomic E-state index is 10.8. The van der Waals surface area contributed by atoms with E-state index in [1.54, 1.807) is 6.07 Å². The molecule has 0 aromatic carbocycles. The number of aromatic nitrogens is 1. The number of nitriles is 1. The van der Waals surface area contributed by atoms with Crippen LogP contribution in [0.4, 0.5) is 0 Å². The summed E-state index contributed by atoms with van der Waals surface area (Å²) >= 11 is 0. The molecule has 1 heterocycles. The van der Waals surface area contributed by atoms with Gasteiger partial charge in [-0.2, -0.15) is 5.26 Å². The Labute approximate surface area is 80.8 Å². The molecule has 0 saturated carbocycles. The van der Waals surface area contributed by atoms with Crippen molar-refractivity contribution in [1.82, 2.24) is 4.98 Å². The summed E-state index contributed by atoms with van der Waals surface area (Å²) < 4.78 is 0. The Morgan fingerprint density at radius 3 is 2.86 bits per heavy atom. The number of hydrogen-bond donors (Lipinski definition) is 2. The maximum atomic E-state index is 10.8. The van der Waals surface area contributed by atoms with Crippen molar-refractivity contribution in [2.75, 3.05) is 0 Å². The second kappa shape index (κ2) is 3.44. The van der Waals surface area contributed by atoms with Gasteiger partial charge >= 0.3 is 5.97 Å². The van der Waals surface area contributed by atoms with Crippen molar-refractivity contribution >= 4 is 5.97 Å². The molecule has 0 unspecified atom stereocenters. The fraction of sp³-hybridized carbons (Fsp3) is 0.222. The molecule has 0 saturated heterocycles. The quantitative estimate of drug-likeness (QED) is 0.696. The van der Waals surface area contributed by atoms with Gasteiger partial charge in [0.1, 0.15) is 11.8 Å². The lowest BCUT2D eigenvalue weighted by molar-refractivity contribution is -0.143. The van der Waals surface area contributed by atoms with Crippen LogP contribution in [0.2, 0.25) is 0 Å². The molecule has 1 atom stereocenters. The first-order valence-electron chi connectivity index (χ1n) is 3.88. The van der Waals surface area contributed by atoms with E-state index in [9.17, 15) is 4.79 Å². The SMILES string of the molecule is C[C@](N)(C(=O)O)c1cccc(C#N)n1. The van der Waals surface area contributed by atoms with Gasteiger partial charge in [0.2, 0.25) is 0 Å². The fourth-order valence-corrected chi connectivity index (χ4v) is 0.896. The van der Waals surface area contributed by atoms with Crippen molar-refractivity contribution in [3.05, 3.63) is 29.6 Å². The van der Waals surface area contributed by atoms with Crippen LogP contribution in [-0.4, -0.2) is 16.1 Å². The van der Waals surface area contributed by atoms with Crippen LogP contribution in [0.15, 0.2) is 18.2 Å². The van der Waals surface area contributed by atoms with Crippen molar-refractivity contribution in [3.63, 3.8) is 0 Å². The highest BCUT2D eigenvalue weighted by Crippen LogP contribution is 2.15. The highest BCUT2D eigenvalue weighted by molar-refractivity contribution is 5.79. The zero-order valence-corrected chi connectivity index (χ0v) is 7.56. The Kier molecular flexibility index (Phi) is 2.49. The first-order valence-corrected chi connectivity index (χ1v) is 3.88. The van der Waals surface area contributed by atoms with Crippen molar-refractivity contribution in [2.45, 2.75) is 12.5 Å². The Hall–Kier alpha value is -1.93. The molecular formula is C9H9N3O2. The van der Waals surface area contributed by atoms with Crippen LogP contribution in [0.25, 0.3) is 0 Å². The largest absolute Gasteiger partial charge is 0.480 e. The summed E-state index contributed by atoms with van der Waals surface area (Å²) in [5.74, 6) is -1.18. The van der Waals surface area contributed by atoms with E-state index in [0.29, 0.717) is 0 Å². The summed E-state index contributed by atoms with van der Waals surface area (Å²) in [6, 6.07) is 6.34. The molecule has 0 bridgehead atoms. The van der Waals surface area contributed by atoms with Crippen LogP contribution < -0.4 is 5.73 Å². The summed E-state index contributed by atoms with van der Waals surface area (Å²) in [6.07, 6.45) is 0. The highest BCUT2D eigenvalue weighted by Gasteiger charge is 2.31. The Balaban J connectivity index is 3.21. The van der Waals surface area contributed by atoms with Gasteiger partial charge in [0.15, 0.2) is 5.54 Å². The Morgan fingerprint density at radius 2 is 2.36 bits per heavy atom. The van der Waals surface area contributed by atoms with Gasteiger partial charge in [-0.1, -0.05) is 6.07 Å². The van der Waals surface area contributed by atoms with Crippen LogP contribution in [0, 0.1) is 11.3 Å². The first-order chi connectivity index (χ1) is 6.48. The second-order valence-electron chi connectivity index (χ2n) is 3.03. The lowest BCUT2D eigenvalue weighted by Gasteiger charge is -2.17. The van der Waals surface area contributed by atoms with E-state index in [4.69, 9.17) is 16.1 Å². The average molecular weight is 191 g/mol. The number of carbonyl (C=O) groups is 1. The van der Waals surface area contributed by atoms with E-state index in [0.717, 1.165) is 0 Å². The van der Waals surface area contributed by atoms with Gasteiger partial charge in [0.05, 0.1) is 5.69 Å². The molecule has 1 aromatic rings. The number of nitrogens with zero attached hydrogens (tertiary/aromatic N) is 2. The minimum atomic E-state index is -1.56. The molecule has 5 heteroatoms. The van der Waals surface area contributed by atoms with E-state index in [2.05, 4.69) is 4.98 Å². The Bertz CT molecular complexity index is 407. The van der Waals surface area contributed by atoms with Gasteiger partial charge in [0.25, 0.3) is 0 Å². The van der Waals surface area contributed by atoms with Crippen molar-refractivity contribution < 1.29 is 9.90 Å². The number of pyridine rings is 1. The lowest BCUT2D eigenvalue weighted by atomic mass is 9.99. The molecule has 14 heavy (non-hydrogen) atoms. The minimum absolute atomic E-state index is 0.153. The molecule has 5 nitrogen and oxygen atoms in total. The van der Waals surface area contributed by atoms with Crippen molar-refractivity contribution in [2.24, 2.45) is 5.73 Å². The molecular weight excluding hydrogens is 182 g/mol. The average Bonchev–Trinajstić information content (AvgIpc) is 2.17. The summed E-state index contributed by atoms with van der Waals surface area (Å²) in [5, 5.41) is 17.4. The van der Waals surface area contributed by atoms with Crippen molar-refractivity contribution in [1.29, 1.82) is 5.26 Å². The smallest absolute Gasteiger partial charge is 0.329 e. The molecule has 3 N–H and O–H groups in total. The molecule has 0 aliphatic rings. The van der Waals surface area contributed by atoms with E-state index in [1.165, 1.54) is 19.1 Å². The normalized spacial score (nSPS) is 14.1. The number of carboxylic acid groups (broad SMARTS) is 1. The first kappa shape index (κ1) is 10.2. The molecule has 0 aliphatic heterocycles. The van der Waals surface area contributed by atoms with Gasteiger partial charge < -0.3 is 10.8 Å². The number of hydrogen-bond acceptors (Lipinski definition) is 4. The molecule has 1 rings (SSSR count). The molecule has 0 aliphatic carbocycles. The van der Waals surface area contributed by atoms with Crippen LogP contribution in [0.1, 0.15) is 18.3 Å². The molecule has 0 amide bonds. The monoisotopic (exact) mass is 191 g/mol. The third kappa shape index (κ3) is 1.70. The van der Waals surface area contributed by atoms with E-state index in [-0.39, 0.29) is 11.4 Å². The van der Waals surface area contributed by atoms with E-state index >= 15 is 0 Å². The molecule has 0 fully saturated rings. The summed E-state index contributed by atoms with van der Waals surface area (Å²) in [4.78, 5) is 14.6. The molecule has 0 radical (unpaired) electrons. The van der Waals surface area contributed by atoms with Crippen LogP contribution in [0.3, 0.4) is 0 Å². The van der Waals surface area contributed by atoms with Gasteiger partial charge in [-0.3, -0.25) is 0 Å². The van der Waals surface area contributed by atoms with Crippen molar-refractivity contribution in [3.8, 4) is 6.07 Å². The fourth-order valence-electron chi connectivity index (χ4n) is 0.896. The number of rotatable bonds is 2. The summed E-state index contributed by atoms with van der Waals surface area (Å²) in [7, 11) is 0. The predicted molar refractivity (Wildman–Crippen MR) is 48.1 cm³/mol. The highest BCUT2D eigenvalue weighted by atomic mass is 16.4. The Morgan fingerprint density at radius 1 is 1.71 bits per heavy atom. The summed E-state index contributed by atoms with van der Waals surface area (Å²) in [5.41, 5.74) is 4.29. The number of nitrogens with two attached hydrogens (primary N) is 1. The van der Waals surface area contributed by atoms with Crippen LogP contribution >= 0.6 is 0 Å². The third-order valence-corrected chi connectivity index (χ3v) is 1.84. The van der Waals surface area contributed by atoms with Gasteiger partial charge in [-0.15, -0.1) is 0 Å². The second-order valence-corrected chi connectivity index (χ2v) is 3.03. The predicted octanol–water partition coefficient (Wildman–Crippen LogP) is 0.212. The standard InChI is InChI=1S/C9H9N3O2/c1-9(11,8(13)14)7-4-2-3-6(5-10)12-7/h2-4H,11H2,1H3,(H,13,14)/t9-/m1/s1. The zero-order chi connectivity index (χ0) is 10.8. The lowest BCUT2D eigenvalue weighted by Crippen LogP contribution is -2.42. The molecule has 0 spiro atoms. The topological polar surface area (TPSA) is 100 Å². The number of aliphatic carboxylic acids is 1. The van der Waals surface area contributed by atoms with Gasteiger partial charge in [-0.05, 0) is 19.1 Å².